The van der Waals surface area contributed by atoms with Crippen molar-refractivity contribution in [1.29, 1.82) is 0 Å². The van der Waals surface area contributed by atoms with Gasteiger partial charge >= 0.3 is 6.18 Å². The Morgan fingerprint density at radius 3 is 2.67 bits per heavy atom. The first-order chi connectivity index (χ1) is 12.8. The first-order valence-corrected chi connectivity index (χ1v) is 8.35. The first kappa shape index (κ1) is 17.3. The summed E-state index contributed by atoms with van der Waals surface area (Å²) in [5.41, 5.74) is 1.49. The summed E-state index contributed by atoms with van der Waals surface area (Å²) in [4.78, 5) is 13.3. The molecule has 0 bridgehead atoms. The first-order valence-electron chi connectivity index (χ1n) is 7.53. The Morgan fingerprint density at radius 2 is 2.00 bits per heavy atom. The number of rotatable bonds is 3. The maximum Gasteiger partial charge on any atom is 0.451 e. The molecule has 0 spiro atoms. The van der Waals surface area contributed by atoms with Crippen molar-refractivity contribution in [2.45, 2.75) is 13.1 Å². The zero-order chi connectivity index (χ0) is 19.2. The summed E-state index contributed by atoms with van der Waals surface area (Å²) in [5.74, 6) is -1.23. The summed E-state index contributed by atoms with van der Waals surface area (Å²) >= 11 is 1.32. The van der Waals surface area contributed by atoms with Gasteiger partial charge in [-0.25, -0.2) is 4.98 Å². The predicted molar refractivity (Wildman–Crippen MR) is 88.4 cm³/mol. The Morgan fingerprint density at radius 1 is 1.19 bits per heavy atom. The highest BCUT2D eigenvalue weighted by molar-refractivity contribution is 7.18. The number of alkyl halides is 3. The lowest BCUT2D eigenvalue weighted by Crippen LogP contribution is -2.13. The summed E-state index contributed by atoms with van der Waals surface area (Å²) in [5, 5.41) is 11.1. The molecule has 0 amide bonds. The van der Waals surface area contributed by atoms with E-state index in [9.17, 15) is 13.2 Å². The van der Waals surface area contributed by atoms with E-state index in [2.05, 4.69) is 30.3 Å². The van der Waals surface area contributed by atoms with E-state index in [4.69, 9.17) is 4.52 Å². The zero-order valence-electron chi connectivity index (χ0n) is 13.9. The zero-order valence-corrected chi connectivity index (χ0v) is 14.7. The van der Waals surface area contributed by atoms with Crippen molar-refractivity contribution >= 4 is 11.3 Å². The normalized spacial score (nSPS) is 11.9. The van der Waals surface area contributed by atoms with Crippen molar-refractivity contribution in [1.82, 2.24) is 34.9 Å². The van der Waals surface area contributed by atoms with Crippen LogP contribution in [-0.2, 0) is 13.2 Å². The van der Waals surface area contributed by atoms with Crippen LogP contribution in [0.3, 0.4) is 0 Å². The molecule has 0 saturated heterocycles. The van der Waals surface area contributed by atoms with Crippen molar-refractivity contribution in [3.63, 3.8) is 0 Å². The number of pyridine rings is 1. The average Bonchev–Trinajstić information content (AvgIpc) is 3.33. The van der Waals surface area contributed by atoms with Crippen molar-refractivity contribution in [2.24, 2.45) is 7.05 Å². The van der Waals surface area contributed by atoms with Gasteiger partial charge in [0.1, 0.15) is 9.88 Å². The molecular weight excluding hydrogens is 383 g/mol. The molecule has 0 N–H and O–H groups in total. The highest BCUT2D eigenvalue weighted by atomic mass is 32.1. The Balaban J connectivity index is 1.70. The van der Waals surface area contributed by atoms with E-state index in [1.54, 1.807) is 25.4 Å². The van der Waals surface area contributed by atoms with Crippen molar-refractivity contribution in [2.75, 3.05) is 0 Å². The lowest BCUT2D eigenvalue weighted by atomic mass is 10.3. The molecule has 0 aliphatic carbocycles. The van der Waals surface area contributed by atoms with Gasteiger partial charge in [0.25, 0.3) is 5.89 Å². The molecule has 12 heteroatoms. The highest BCUT2D eigenvalue weighted by Crippen LogP contribution is 2.35. The second-order valence-corrected chi connectivity index (χ2v) is 6.50. The Hall–Kier alpha value is -3.15. The molecule has 0 unspecified atom stereocenters. The summed E-state index contributed by atoms with van der Waals surface area (Å²) in [6, 6.07) is 3.66. The monoisotopic (exact) mass is 393 g/mol. The standard InChI is InChI=1S/C15H10F3N7OS/c1-7-9(27-13(20-7)8-4-3-5-19-6-8)12-21-10(24-26-12)11-22-23-14(25(11)2)15(16,17)18/h3-6H,1-2H3. The quantitative estimate of drug-likeness (QED) is 0.526. The molecule has 4 aromatic rings. The average molecular weight is 393 g/mol. The van der Waals surface area contributed by atoms with Gasteiger partial charge in [-0.15, -0.1) is 21.5 Å². The fourth-order valence-corrected chi connectivity index (χ4v) is 3.36. The van der Waals surface area contributed by atoms with Crippen LogP contribution in [0.25, 0.3) is 33.0 Å². The number of hydrogen-bond donors (Lipinski definition) is 0. The highest BCUT2D eigenvalue weighted by Gasteiger charge is 2.38. The largest absolute Gasteiger partial charge is 0.451 e. The number of hydrogen-bond acceptors (Lipinski definition) is 8. The predicted octanol–water partition coefficient (Wildman–Crippen LogP) is 3.38. The second kappa shape index (κ2) is 6.23. The molecule has 4 heterocycles. The van der Waals surface area contributed by atoms with Crippen molar-refractivity contribution in [3.05, 3.63) is 36.0 Å². The summed E-state index contributed by atoms with van der Waals surface area (Å²) < 4.78 is 44.6. The molecule has 0 saturated carbocycles. The molecule has 0 aromatic carbocycles. The van der Waals surface area contributed by atoms with E-state index in [-0.39, 0.29) is 17.5 Å². The lowest BCUT2D eigenvalue weighted by molar-refractivity contribution is -0.146. The summed E-state index contributed by atoms with van der Waals surface area (Å²) in [6.07, 6.45) is -1.29. The molecule has 4 aromatic heterocycles. The van der Waals surface area contributed by atoms with Gasteiger partial charge in [0.05, 0.1) is 5.69 Å². The van der Waals surface area contributed by atoms with Gasteiger partial charge in [0.15, 0.2) is 0 Å². The lowest BCUT2D eigenvalue weighted by Gasteiger charge is -2.04. The minimum atomic E-state index is -4.63. The van der Waals surface area contributed by atoms with Crippen LogP contribution in [0.15, 0.2) is 29.0 Å². The fraction of sp³-hybridized carbons (Fsp3) is 0.200. The van der Waals surface area contributed by atoms with E-state index in [1.165, 1.54) is 18.4 Å². The summed E-state index contributed by atoms with van der Waals surface area (Å²) in [7, 11) is 1.19. The van der Waals surface area contributed by atoms with Crippen LogP contribution in [0.4, 0.5) is 13.2 Å². The molecule has 8 nitrogen and oxygen atoms in total. The maximum absolute atomic E-state index is 12.9. The Labute approximate surface area is 153 Å². The number of thiazole rings is 1. The van der Waals surface area contributed by atoms with E-state index in [1.807, 2.05) is 6.07 Å². The van der Waals surface area contributed by atoms with Gasteiger partial charge in [-0.2, -0.15) is 18.2 Å². The smallest absolute Gasteiger partial charge is 0.333 e. The van der Waals surface area contributed by atoms with Crippen LogP contribution in [0.1, 0.15) is 11.5 Å². The van der Waals surface area contributed by atoms with Gasteiger partial charge in [0, 0.05) is 25.0 Å². The second-order valence-electron chi connectivity index (χ2n) is 5.50. The topological polar surface area (TPSA) is 95.4 Å². The number of aromatic nitrogens is 7. The fourth-order valence-electron chi connectivity index (χ4n) is 2.38. The van der Waals surface area contributed by atoms with Crippen LogP contribution >= 0.6 is 11.3 Å². The van der Waals surface area contributed by atoms with Crippen molar-refractivity contribution in [3.8, 4) is 33.0 Å². The SMILES string of the molecule is Cc1nc(-c2cccnc2)sc1-c1nc(-c2nnc(C(F)(F)F)n2C)no1. The molecule has 0 aliphatic rings. The molecule has 27 heavy (non-hydrogen) atoms. The van der Waals surface area contributed by atoms with Crippen LogP contribution in [0, 0.1) is 6.92 Å². The minimum absolute atomic E-state index is 0.0915. The van der Waals surface area contributed by atoms with Crippen LogP contribution in [-0.4, -0.2) is 34.9 Å². The molecule has 0 aliphatic heterocycles. The van der Waals surface area contributed by atoms with Gasteiger partial charge in [-0.3, -0.25) is 4.98 Å². The number of nitrogens with zero attached hydrogens (tertiary/aromatic N) is 7. The molecule has 0 atom stereocenters. The third-order valence-electron chi connectivity index (χ3n) is 3.65. The molecule has 0 fully saturated rings. The number of aryl methyl sites for hydroxylation is 1. The molecular formula is C15H10F3N7OS. The van der Waals surface area contributed by atoms with Gasteiger partial charge < -0.3 is 9.09 Å². The number of halogens is 3. The van der Waals surface area contributed by atoms with Gasteiger partial charge in [-0.1, -0.05) is 5.16 Å². The van der Waals surface area contributed by atoms with Crippen LogP contribution in [0.2, 0.25) is 0 Å². The van der Waals surface area contributed by atoms with E-state index < -0.39 is 12.0 Å². The van der Waals surface area contributed by atoms with E-state index in [0.717, 1.165) is 10.1 Å². The minimum Gasteiger partial charge on any atom is -0.333 e. The summed E-state index contributed by atoms with van der Waals surface area (Å²) in [6.45, 7) is 1.78. The van der Waals surface area contributed by atoms with E-state index >= 15 is 0 Å². The van der Waals surface area contributed by atoms with Gasteiger partial charge in [-0.05, 0) is 19.1 Å². The third kappa shape index (κ3) is 3.07. The maximum atomic E-state index is 12.9. The molecule has 4 rings (SSSR count). The molecule has 138 valence electrons. The van der Waals surface area contributed by atoms with E-state index in [0.29, 0.717) is 15.6 Å². The van der Waals surface area contributed by atoms with Crippen LogP contribution in [0.5, 0.6) is 0 Å². The van der Waals surface area contributed by atoms with Crippen molar-refractivity contribution < 1.29 is 17.7 Å². The van der Waals surface area contributed by atoms with Crippen LogP contribution < -0.4 is 0 Å². The third-order valence-corrected chi connectivity index (χ3v) is 4.85. The Bertz CT molecular complexity index is 1100. The molecule has 0 radical (unpaired) electrons. The van der Waals surface area contributed by atoms with Gasteiger partial charge in [0.2, 0.25) is 17.5 Å². The Kier molecular flexibility index (Phi) is 3.98.